The van der Waals surface area contributed by atoms with Gasteiger partial charge in [-0.25, -0.2) is 0 Å². The van der Waals surface area contributed by atoms with E-state index < -0.39 is 11.6 Å². The number of methoxy groups -OCH3 is 1. The van der Waals surface area contributed by atoms with Gasteiger partial charge in [-0.2, -0.15) is 0 Å². The first-order valence-electron chi connectivity index (χ1n) is 10.8. The number of fused-ring (bicyclic) bond motifs is 1. The molecule has 0 spiro atoms. The van der Waals surface area contributed by atoms with Gasteiger partial charge in [0.05, 0.1) is 0 Å². The van der Waals surface area contributed by atoms with Crippen molar-refractivity contribution in [3.05, 3.63) is 23.3 Å². The number of carbonyl (C=O) groups is 2. The van der Waals surface area contributed by atoms with Crippen molar-refractivity contribution in [3.63, 3.8) is 0 Å². The molecule has 4 heteroatoms. The number of ether oxygens (including phenoxy) is 1. The Kier molecular flexibility index (Phi) is 5.91. The highest BCUT2D eigenvalue weighted by atomic mass is 16.5. The lowest BCUT2D eigenvalue weighted by Gasteiger charge is -2.49. The van der Waals surface area contributed by atoms with Crippen LogP contribution >= 0.6 is 0 Å². The van der Waals surface area contributed by atoms with Crippen molar-refractivity contribution in [2.45, 2.75) is 66.5 Å². The van der Waals surface area contributed by atoms with E-state index in [1.165, 1.54) is 11.1 Å². The van der Waals surface area contributed by atoms with Crippen LogP contribution in [-0.2, 0) is 14.3 Å². The number of allylic oxidation sites excluding steroid dienone is 4. The van der Waals surface area contributed by atoms with E-state index in [0.29, 0.717) is 30.1 Å². The van der Waals surface area contributed by atoms with Gasteiger partial charge in [0.1, 0.15) is 17.4 Å². The van der Waals surface area contributed by atoms with E-state index in [1.54, 1.807) is 7.11 Å². The smallest absolute Gasteiger partial charge is 0.232 e. The van der Waals surface area contributed by atoms with E-state index in [0.717, 1.165) is 12.8 Å². The van der Waals surface area contributed by atoms with Crippen LogP contribution in [0.2, 0.25) is 0 Å². The number of hydrogen-bond donors (Lipinski definition) is 1. The summed E-state index contributed by atoms with van der Waals surface area (Å²) in [5.41, 5.74) is 1.79. The van der Waals surface area contributed by atoms with Gasteiger partial charge in [-0.1, -0.05) is 37.1 Å². The first kappa shape index (κ1) is 21.3. The van der Waals surface area contributed by atoms with E-state index in [2.05, 4.69) is 45.2 Å². The second-order valence-electron chi connectivity index (χ2n) is 9.83. The fourth-order valence-electron chi connectivity index (χ4n) is 6.33. The Bertz CT molecular complexity index is 709. The Morgan fingerprint density at radius 3 is 2.57 bits per heavy atom. The summed E-state index contributed by atoms with van der Waals surface area (Å²) in [7, 11) is 1.59. The van der Waals surface area contributed by atoms with Crippen LogP contribution in [-0.4, -0.2) is 24.5 Å². The number of rotatable bonds is 4. The van der Waals surface area contributed by atoms with Gasteiger partial charge in [0.2, 0.25) is 5.91 Å². The normalized spacial score (nSPS) is 44.0. The summed E-state index contributed by atoms with van der Waals surface area (Å²) >= 11 is 0. The fraction of sp³-hybridized carbons (Fsp3) is 0.750. The van der Waals surface area contributed by atoms with Crippen LogP contribution in [0.25, 0.3) is 0 Å². The number of ketones is 1. The molecule has 2 aliphatic carbocycles. The molecule has 0 aromatic heterocycles. The Labute approximate surface area is 170 Å². The number of hydrogen-bond acceptors (Lipinski definition) is 3. The molecule has 3 aliphatic rings. The maximum absolute atomic E-state index is 13.9. The van der Waals surface area contributed by atoms with Crippen LogP contribution in [0.1, 0.15) is 60.8 Å². The van der Waals surface area contributed by atoms with Gasteiger partial charge in [0.25, 0.3) is 0 Å². The molecule has 1 saturated heterocycles. The van der Waals surface area contributed by atoms with Gasteiger partial charge in [-0.15, -0.1) is 0 Å². The van der Waals surface area contributed by atoms with Gasteiger partial charge in [0, 0.05) is 25.4 Å². The maximum atomic E-state index is 13.9. The predicted octanol–water partition coefficient (Wildman–Crippen LogP) is 4.51. The van der Waals surface area contributed by atoms with Crippen molar-refractivity contribution in [2.75, 3.05) is 7.11 Å². The molecular weight excluding hydrogens is 350 g/mol. The van der Waals surface area contributed by atoms with Crippen LogP contribution in [0.3, 0.4) is 0 Å². The van der Waals surface area contributed by atoms with E-state index in [1.807, 2.05) is 13.8 Å². The summed E-state index contributed by atoms with van der Waals surface area (Å²) in [4.78, 5) is 26.6. The van der Waals surface area contributed by atoms with Crippen LogP contribution in [0.4, 0.5) is 0 Å². The second kappa shape index (κ2) is 7.78. The summed E-state index contributed by atoms with van der Waals surface area (Å²) in [6, 6.07) is 0. The molecular formula is C24H37NO3. The summed E-state index contributed by atoms with van der Waals surface area (Å²) in [5, 5.41) is 2.90. The Morgan fingerprint density at radius 2 is 2.00 bits per heavy atom. The van der Waals surface area contributed by atoms with E-state index in [9.17, 15) is 9.59 Å². The lowest BCUT2D eigenvalue weighted by molar-refractivity contribution is -0.138. The molecule has 4 nitrogen and oxygen atoms in total. The quantitative estimate of drug-likeness (QED) is 0.570. The molecule has 1 amide bonds. The molecule has 3 rings (SSSR count). The van der Waals surface area contributed by atoms with Crippen molar-refractivity contribution in [1.29, 1.82) is 0 Å². The van der Waals surface area contributed by atoms with Crippen molar-refractivity contribution in [2.24, 2.45) is 41.4 Å². The molecule has 0 bridgehead atoms. The molecule has 2 fully saturated rings. The maximum Gasteiger partial charge on any atom is 0.232 e. The molecule has 8 atom stereocenters. The van der Waals surface area contributed by atoms with Crippen LogP contribution in [0.15, 0.2) is 23.3 Å². The zero-order chi connectivity index (χ0) is 20.8. The Morgan fingerprint density at radius 1 is 1.32 bits per heavy atom. The topological polar surface area (TPSA) is 55.4 Å². The van der Waals surface area contributed by atoms with Crippen LogP contribution in [0.5, 0.6) is 0 Å². The highest BCUT2D eigenvalue weighted by Gasteiger charge is 2.53. The first-order valence-corrected chi connectivity index (χ1v) is 10.8. The molecule has 0 radical (unpaired) electrons. The SMILES string of the molecule is C/C=C(\C)C1C(C)=CC2CC(C)CC(C)C2C1C(=O)C1CC(C)(OC)NC1=O. The van der Waals surface area contributed by atoms with Crippen LogP contribution < -0.4 is 5.32 Å². The summed E-state index contributed by atoms with van der Waals surface area (Å²) in [6.07, 6.45) is 7.29. The molecule has 0 aromatic carbocycles. The number of Topliss-reactive ketones (excluding diaryl/α,β-unsaturated/α-hetero) is 1. The van der Waals surface area contributed by atoms with Gasteiger partial charge in [-0.3, -0.25) is 9.59 Å². The summed E-state index contributed by atoms with van der Waals surface area (Å²) < 4.78 is 5.49. The average Bonchev–Trinajstić information content (AvgIpc) is 2.94. The minimum absolute atomic E-state index is 0.108. The van der Waals surface area contributed by atoms with Gasteiger partial charge >= 0.3 is 0 Å². The third-order valence-corrected chi connectivity index (χ3v) is 7.71. The average molecular weight is 388 g/mol. The number of carbonyl (C=O) groups excluding carboxylic acids is 2. The molecule has 0 aromatic rings. The van der Waals surface area contributed by atoms with E-state index >= 15 is 0 Å². The van der Waals surface area contributed by atoms with E-state index in [-0.39, 0.29) is 23.5 Å². The van der Waals surface area contributed by atoms with Gasteiger partial charge < -0.3 is 10.1 Å². The highest BCUT2D eigenvalue weighted by Crippen LogP contribution is 2.52. The minimum atomic E-state index is -0.742. The zero-order valence-corrected chi connectivity index (χ0v) is 18.5. The van der Waals surface area contributed by atoms with Crippen molar-refractivity contribution >= 4 is 11.7 Å². The molecule has 1 N–H and O–H groups in total. The number of amides is 1. The fourth-order valence-corrected chi connectivity index (χ4v) is 6.33. The van der Waals surface area contributed by atoms with Crippen LogP contribution in [0, 0.1) is 41.4 Å². The van der Waals surface area contributed by atoms with E-state index in [4.69, 9.17) is 4.74 Å². The van der Waals surface area contributed by atoms with Crippen molar-refractivity contribution < 1.29 is 14.3 Å². The Hall–Kier alpha value is -1.42. The molecule has 156 valence electrons. The molecule has 1 heterocycles. The molecule has 8 unspecified atom stereocenters. The zero-order valence-electron chi connectivity index (χ0n) is 18.5. The minimum Gasteiger partial charge on any atom is -0.359 e. The summed E-state index contributed by atoms with van der Waals surface area (Å²) in [5.74, 6) is 1.24. The molecule has 1 aliphatic heterocycles. The molecule has 28 heavy (non-hydrogen) atoms. The third kappa shape index (κ3) is 3.60. The largest absolute Gasteiger partial charge is 0.359 e. The third-order valence-electron chi connectivity index (χ3n) is 7.71. The number of nitrogens with one attached hydrogen (secondary N) is 1. The van der Waals surface area contributed by atoms with Gasteiger partial charge in [-0.05, 0) is 64.2 Å². The second-order valence-corrected chi connectivity index (χ2v) is 9.83. The highest BCUT2D eigenvalue weighted by molar-refractivity contribution is 6.04. The lowest BCUT2D eigenvalue weighted by Crippen LogP contribution is -2.47. The Balaban J connectivity index is 2.02. The van der Waals surface area contributed by atoms with Crippen molar-refractivity contribution in [1.82, 2.24) is 5.32 Å². The lowest BCUT2D eigenvalue weighted by atomic mass is 9.54. The monoisotopic (exact) mass is 387 g/mol. The molecule has 1 saturated carbocycles. The van der Waals surface area contributed by atoms with Gasteiger partial charge in [0.15, 0.2) is 0 Å². The predicted molar refractivity (Wildman–Crippen MR) is 111 cm³/mol. The van der Waals surface area contributed by atoms with Crippen molar-refractivity contribution in [3.8, 4) is 0 Å². The standard InChI is InChI=1S/C24H37NO3/c1-8-14(3)19-16(5)11-17-10-13(2)9-15(4)20(17)21(19)22(26)18-12-24(6,28-7)25-23(18)27/h8,11,13,15,17-21H,9-10,12H2,1-7H3,(H,25,27)/b14-8+. The summed E-state index contributed by atoms with van der Waals surface area (Å²) in [6.45, 7) is 12.8. The first-order chi connectivity index (χ1) is 13.1.